The number of thiophene rings is 1. The molecule has 0 aliphatic rings. The van der Waals surface area contributed by atoms with Crippen molar-refractivity contribution in [1.82, 2.24) is 5.32 Å². The van der Waals surface area contributed by atoms with E-state index in [1.807, 2.05) is 20.8 Å². The van der Waals surface area contributed by atoms with Crippen LogP contribution in [0.15, 0.2) is 66.0 Å². The molecule has 3 aromatic rings. The normalized spacial score (nSPS) is 11.7. The Balaban J connectivity index is 1.89. The average molecular weight is 561 g/mol. The summed E-state index contributed by atoms with van der Waals surface area (Å²) < 4.78 is 10.7. The van der Waals surface area contributed by atoms with Gasteiger partial charge in [0, 0.05) is 10.4 Å². The van der Waals surface area contributed by atoms with Crippen LogP contribution in [-0.2, 0) is 16.0 Å². The van der Waals surface area contributed by atoms with Gasteiger partial charge in [-0.2, -0.15) is 4.99 Å². The summed E-state index contributed by atoms with van der Waals surface area (Å²) in [6.07, 6.45) is -0.0647. The van der Waals surface area contributed by atoms with Crippen molar-refractivity contribution in [3.05, 3.63) is 87.0 Å². The number of nitrogens with two attached hydrogens (primary N) is 1. The molecule has 0 spiro atoms. The van der Waals surface area contributed by atoms with E-state index in [0.717, 1.165) is 5.56 Å². The number of rotatable bonds is 8. The molecule has 0 radical (unpaired) electrons. The molecular formula is C27H27Cl2N3O4S. The van der Waals surface area contributed by atoms with Crippen LogP contribution in [-0.4, -0.2) is 30.4 Å². The Morgan fingerprint density at radius 2 is 1.76 bits per heavy atom. The summed E-state index contributed by atoms with van der Waals surface area (Å²) in [5, 5.41) is 3.30. The number of aliphatic imine (C=N–C) groups is 1. The second-order valence-corrected chi connectivity index (χ2v) is 10.8. The minimum Gasteiger partial charge on any atom is -0.497 e. The van der Waals surface area contributed by atoms with E-state index in [1.165, 1.54) is 11.3 Å². The quantitative estimate of drug-likeness (QED) is 0.147. The fourth-order valence-electron chi connectivity index (χ4n) is 3.34. The van der Waals surface area contributed by atoms with Gasteiger partial charge in [0.2, 0.25) is 23.5 Å². The van der Waals surface area contributed by atoms with Gasteiger partial charge in [-0.1, -0.05) is 29.3 Å². The summed E-state index contributed by atoms with van der Waals surface area (Å²) in [4.78, 5) is 31.2. The largest absolute Gasteiger partial charge is 0.497 e. The molecule has 3 N–H and O–H groups in total. The highest BCUT2D eigenvalue weighted by molar-refractivity contribution is 7.17. The molecule has 0 aliphatic carbocycles. The van der Waals surface area contributed by atoms with Crippen molar-refractivity contribution in [3.8, 4) is 16.2 Å². The van der Waals surface area contributed by atoms with Gasteiger partial charge in [-0.05, 0) is 80.9 Å². The van der Waals surface area contributed by atoms with Crippen LogP contribution in [0.3, 0.4) is 0 Å². The van der Waals surface area contributed by atoms with Crippen molar-refractivity contribution in [2.45, 2.75) is 32.8 Å². The Morgan fingerprint density at radius 3 is 2.35 bits per heavy atom. The topological polar surface area (TPSA) is 103 Å². The first-order valence-corrected chi connectivity index (χ1v) is 12.7. The smallest absolute Gasteiger partial charge is 0.231 e. The van der Waals surface area contributed by atoms with Crippen molar-refractivity contribution < 1.29 is 19.1 Å². The first-order valence-electron chi connectivity index (χ1n) is 11.1. The Bertz CT molecular complexity index is 1360. The Kier molecular flexibility index (Phi) is 9.02. The minimum absolute atomic E-state index is 0.0647. The Hall–Kier alpha value is -3.33. The SMILES string of the molecule is C=C(/N=C(\N)NC(=O)Cc1cc(C(=O)c2ccc(OC)cc2)sc1-c1ccc(Cl)c(Cl)c1)OC(C)(C)C. The van der Waals surface area contributed by atoms with Crippen LogP contribution < -0.4 is 15.8 Å². The van der Waals surface area contributed by atoms with Crippen LogP contribution in [0.4, 0.5) is 0 Å². The number of amides is 1. The monoisotopic (exact) mass is 559 g/mol. The standard InChI is InChI=1S/C27H27Cl2N3O4S/c1-15(36-27(2,3)4)31-26(30)32-23(33)14-18-13-22(24(34)16-6-9-19(35-5)10-7-16)37-25(18)17-8-11-20(28)21(29)12-17/h6-13H,1,14H2,2-5H3,(H3,30,31,32,33). The lowest BCUT2D eigenvalue weighted by Gasteiger charge is -2.20. The molecule has 0 atom stereocenters. The van der Waals surface area contributed by atoms with Crippen LogP contribution in [0.1, 0.15) is 41.6 Å². The van der Waals surface area contributed by atoms with E-state index in [2.05, 4.69) is 16.9 Å². The fourth-order valence-corrected chi connectivity index (χ4v) is 4.77. The summed E-state index contributed by atoms with van der Waals surface area (Å²) in [5.41, 5.74) is 7.20. The molecule has 0 saturated heterocycles. The van der Waals surface area contributed by atoms with E-state index in [1.54, 1.807) is 55.6 Å². The number of nitrogens with one attached hydrogen (secondary N) is 1. The first kappa shape index (κ1) is 28.2. The van der Waals surface area contributed by atoms with Gasteiger partial charge in [0.15, 0.2) is 0 Å². The van der Waals surface area contributed by atoms with Gasteiger partial charge < -0.3 is 15.2 Å². The zero-order valence-electron chi connectivity index (χ0n) is 20.9. The van der Waals surface area contributed by atoms with Crippen molar-refractivity contribution >= 4 is 52.2 Å². The second-order valence-electron chi connectivity index (χ2n) is 8.98. The third-order valence-corrected chi connectivity index (χ3v) is 6.82. The van der Waals surface area contributed by atoms with Gasteiger partial charge in [0.05, 0.1) is 28.5 Å². The summed E-state index contributed by atoms with van der Waals surface area (Å²) in [5.74, 6) is -0.0408. The van der Waals surface area contributed by atoms with Crippen LogP contribution >= 0.6 is 34.5 Å². The highest BCUT2D eigenvalue weighted by Gasteiger charge is 2.20. The number of nitrogens with zero attached hydrogens (tertiary/aromatic N) is 1. The maximum absolute atomic E-state index is 13.2. The zero-order valence-corrected chi connectivity index (χ0v) is 23.2. The van der Waals surface area contributed by atoms with Crippen molar-refractivity contribution in [1.29, 1.82) is 0 Å². The number of methoxy groups -OCH3 is 1. The first-order chi connectivity index (χ1) is 17.4. The zero-order chi connectivity index (χ0) is 27.3. The maximum atomic E-state index is 13.2. The van der Waals surface area contributed by atoms with Gasteiger partial charge in [0.1, 0.15) is 11.4 Å². The molecule has 0 aliphatic heterocycles. The third kappa shape index (κ3) is 7.82. The molecule has 0 saturated carbocycles. The van der Waals surface area contributed by atoms with Gasteiger partial charge in [0.25, 0.3) is 0 Å². The van der Waals surface area contributed by atoms with Crippen molar-refractivity contribution in [2.75, 3.05) is 7.11 Å². The number of halogens is 2. The van der Waals surface area contributed by atoms with Gasteiger partial charge >= 0.3 is 0 Å². The molecular weight excluding hydrogens is 533 g/mol. The molecule has 3 rings (SSSR count). The molecule has 0 fully saturated rings. The van der Waals surface area contributed by atoms with E-state index >= 15 is 0 Å². The van der Waals surface area contributed by atoms with Gasteiger partial charge in [-0.15, -0.1) is 11.3 Å². The third-order valence-electron chi connectivity index (χ3n) is 4.85. The molecule has 37 heavy (non-hydrogen) atoms. The van der Waals surface area contributed by atoms with Crippen LogP contribution in [0.2, 0.25) is 10.0 Å². The Labute approximate surface area is 229 Å². The van der Waals surface area contributed by atoms with Crippen molar-refractivity contribution in [3.63, 3.8) is 0 Å². The molecule has 7 nitrogen and oxygen atoms in total. The molecule has 1 aromatic heterocycles. The number of carbonyl (C=O) groups excluding carboxylic acids is 2. The predicted octanol–water partition coefficient (Wildman–Crippen LogP) is 6.22. The summed E-state index contributed by atoms with van der Waals surface area (Å²) >= 11 is 13.6. The van der Waals surface area contributed by atoms with E-state index in [9.17, 15) is 9.59 Å². The number of hydrogen-bond donors (Lipinski definition) is 2. The highest BCUT2D eigenvalue weighted by Crippen LogP contribution is 2.37. The molecule has 0 bridgehead atoms. The van der Waals surface area contributed by atoms with E-state index < -0.39 is 11.5 Å². The van der Waals surface area contributed by atoms with Crippen LogP contribution in [0, 0.1) is 0 Å². The van der Waals surface area contributed by atoms with Gasteiger partial charge in [-0.3, -0.25) is 14.9 Å². The highest BCUT2D eigenvalue weighted by atomic mass is 35.5. The predicted molar refractivity (Wildman–Crippen MR) is 150 cm³/mol. The average Bonchev–Trinajstić information content (AvgIpc) is 3.22. The van der Waals surface area contributed by atoms with Crippen LogP contribution in [0.25, 0.3) is 10.4 Å². The lowest BCUT2D eigenvalue weighted by molar-refractivity contribution is -0.119. The summed E-state index contributed by atoms with van der Waals surface area (Å²) in [6, 6.07) is 13.7. The number of ether oxygens (including phenoxy) is 2. The lowest BCUT2D eigenvalue weighted by Crippen LogP contribution is -2.38. The number of hydrogen-bond acceptors (Lipinski definition) is 6. The molecule has 194 valence electrons. The minimum atomic E-state index is -0.511. The Morgan fingerprint density at radius 1 is 1.08 bits per heavy atom. The molecule has 10 heteroatoms. The lowest BCUT2D eigenvalue weighted by atomic mass is 10.0. The number of guanidine groups is 1. The van der Waals surface area contributed by atoms with Crippen LogP contribution in [0.5, 0.6) is 5.75 Å². The number of benzene rings is 2. The van der Waals surface area contributed by atoms with E-state index in [-0.39, 0.29) is 24.0 Å². The summed E-state index contributed by atoms with van der Waals surface area (Å²) in [6.45, 7) is 9.22. The maximum Gasteiger partial charge on any atom is 0.231 e. The molecule has 1 amide bonds. The number of ketones is 1. The molecule has 1 heterocycles. The van der Waals surface area contributed by atoms with Gasteiger partial charge in [-0.25, -0.2) is 0 Å². The number of carbonyl (C=O) groups is 2. The fraction of sp³-hybridized carbons (Fsp3) is 0.222. The van der Waals surface area contributed by atoms with E-state index in [0.29, 0.717) is 36.7 Å². The van der Waals surface area contributed by atoms with E-state index in [4.69, 9.17) is 38.4 Å². The molecule has 2 aromatic carbocycles. The summed E-state index contributed by atoms with van der Waals surface area (Å²) in [7, 11) is 1.56. The molecule has 0 unspecified atom stereocenters. The second kappa shape index (κ2) is 11.8. The van der Waals surface area contributed by atoms with Crippen molar-refractivity contribution in [2.24, 2.45) is 10.7 Å².